The van der Waals surface area contributed by atoms with Gasteiger partial charge in [-0.25, -0.2) is 0 Å². The first-order chi connectivity index (χ1) is 8.95. The second-order valence-electron chi connectivity index (χ2n) is 5.09. The highest BCUT2D eigenvalue weighted by molar-refractivity contribution is 5.10. The Kier molecular flexibility index (Phi) is 4.13. The van der Waals surface area contributed by atoms with Crippen molar-refractivity contribution in [2.75, 3.05) is 13.1 Å². The van der Waals surface area contributed by atoms with Gasteiger partial charge in [0.05, 0.1) is 11.8 Å². The van der Waals surface area contributed by atoms with Gasteiger partial charge in [-0.15, -0.1) is 0 Å². The number of nitrogens with one attached hydrogen (secondary N) is 1. The number of rotatable bonds is 5. The van der Waals surface area contributed by atoms with E-state index >= 15 is 0 Å². The molecule has 1 aliphatic rings. The first kappa shape index (κ1) is 14.3. The van der Waals surface area contributed by atoms with Crippen LogP contribution >= 0.6 is 0 Å². The lowest BCUT2D eigenvalue weighted by Gasteiger charge is -2.22. The third kappa shape index (κ3) is 3.46. The van der Waals surface area contributed by atoms with Crippen molar-refractivity contribution in [2.45, 2.75) is 50.6 Å². The second kappa shape index (κ2) is 5.48. The van der Waals surface area contributed by atoms with Crippen molar-refractivity contribution in [3.8, 4) is 0 Å². The third-order valence-corrected chi connectivity index (χ3v) is 3.53. The zero-order valence-corrected chi connectivity index (χ0v) is 10.9. The molecule has 0 bridgehead atoms. The molecule has 0 spiro atoms. The lowest BCUT2D eigenvalue weighted by Crippen LogP contribution is -2.29. The molecule has 1 aromatic heterocycles. The van der Waals surface area contributed by atoms with Crippen LogP contribution in [0.15, 0.2) is 4.52 Å². The van der Waals surface area contributed by atoms with Crippen molar-refractivity contribution in [2.24, 2.45) is 0 Å². The average Bonchev–Trinajstić information content (AvgIpc) is 2.94. The van der Waals surface area contributed by atoms with E-state index in [1.807, 2.05) is 0 Å². The molecule has 1 unspecified atom stereocenters. The summed E-state index contributed by atoms with van der Waals surface area (Å²) in [5.74, 6) is 0.631. The zero-order chi connectivity index (χ0) is 13.9. The topological polar surface area (TPSA) is 51.0 Å². The summed E-state index contributed by atoms with van der Waals surface area (Å²) < 4.78 is 41.6. The minimum Gasteiger partial charge on any atom is -0.339 e. The smallest absolute Gasteiger partial charge is 0.339 e. The number of aryl methyl sites for hydroxylation is 1. The minimum absolute atomic E-state index is 0.148. The summed E-state index contributed by atoms with van der Waals surface area (Å²) >= 11 is 0. The van der Waals surface area contributed by atoms with Gasteiger partial charge in [0.15, 0.2) is 5.82 Å². The molecule has 0 radical (unpaired) electrons. The summed E-state index contributed by atoms with van der Waals surface area (Å²) in [5.41, 5.74) is -0.196. The molecule has 1 N–H and O–H groups in total. The molecule has 4 nitrogen and oxygen atoms in total. The summed E-state index contributed by atoms with van der Waals surface area (Å²) in [7, 11) is 0. The SMILES string of the molecule is CCCC1(c2nc(CCC(F)(F)F)no2)CCNC1. The van der Waals surface area contributed by atoms with Gasteiger partial charge in [-0.3, -0.25) is 0 Å². The van der Waals surface area contributed by atoms with Crippen molar-refractivity contribution in [1.82, 2.24) is 15.5 Å². The van der Waals surface area contributed by atoms with Crippen molar-refractivity contribution in [3.05, 3.63) is 11.7 Å². The van der Waals surface area contributed by atoms with Gasteiger partial charge < -0.3 is 9.84 Å². The molecule has 2 heterocycles. The highest BCUT2D eigenvalue weighted by atomic mass is 19.4. The Bertz CT molecular complexity index is 411. The minimum atomic E-state index is -4.18. The Morgan fingerprint density at radius 1 is 1.42 bits per heavy atom. The first-order valence-corrected chi connectivity index (χ1v) is 6.56. The van der Waals surface area contributed by atoms with E-state index in [0.29, 0.717) is 5.89 Å². The standard InChI is InChI=1S/C12H18F3N3O/c1-2-4-11(6-7-16-8-11)10-17-9(18-19-10)3-5-12(13,14)15/h16H,2-8H2,1H3. The maximum atomic E-state index is 12.1. The van der Waals surface area contributed by atoms with Gasteiger partial charge in [0, 0.05) is 13.0 Å². The number of aromatic nitrogens is 2. The Labute approximate surface area is 109 Å². The largest absolute Gasteiger partial charge is 0.389 e. The molecule has 2 rings (SSSR count). The van der Waals surface area contributed by atoms with E-state index in [1.54, 1.807) is 0 Å². The Morgan fingerprint density at radius 2 is 2.21 bits per heavy atom. The molecular weight excluding hydrogens is 259 g/mol. The van der Waals surface area contributed by atoms with E-state index in [0.717, 1.165) is 32.4 Å². The van der Waals surface area contributed by atoms with Crippen molar-refractivity contribution >= 4 is 0 Å². The van der Waals surface area contributed by atoms with E-state index in [-0.39, 0.29) is 17.7 Å². The van der Waals surface area contributed by atoms with E-state index in [2.05, 4.69) is 22.4 Å². The highest BCUT2D eigenvalue weighted by Crippen LogP contribution is 2.34. The first-order valence-electron chi connectivity index (χ1n) is 6.56. The van der Waals surface area contributed by atoms with Crippen LogP contribution in [-0.4, -0.2) is 29.4 Å². The predicted molar refractivity (Wildman–Crippen MR) is 62.7 cm³/mol. The molecule has 1 fully saturated rings. The van der Waals surface area contributed by atoms with Gasteiger partial charge in [0.1, 0.15) is 0 Å². The Hall–Kier alpha value is -1.11. The monoisotopic (exact) mass is 277 g/mol. The van der Waals surface area contributed by atoms with Crippen LogP contribution in [0.1, 0.15) is 44.3 Å². The quantitative estimate of drug-likeness (QED) is 0.898. The van der Waals surface area contributed by atoms with Crippen LogP contribution in [0.2, 0.25) is 0 Å². The Balaban J connectivity index is 2.06. The molecule has 108 valence electrons. The van der Waals surface area contributed by atoms with Crippen LogP contribution in [0.5, 0.6) is 0 Å². The van der Waals surface area contributed by atoms with Crippen molar-refractivity contribution < 1.29 is 17.7 Å². The van der Waals surface area contributed by atoms with Gasteiger partial charge in [-0.05, 0) is 19.4 Å². The normalized spacial score (nSPS) is 24.0. The number of nitrogens with zero attached hydrogens (tertiary/aromatic N) is 2. The lowest BCUT2D eigenvalue weighted by atomic mass is 9.82. The molecule has 0 aliphatic carbocycles. The Morgan fingerprint density at radius 3 is 2.79 bits per heavy atom. The zero-order valence-electron chi connectivity index (χ0n) is 10.9. The van der Waals surface area contributed by atoms with Gasteiger partial charge in [-0.2, -0.15) is 18.2 Å². The van der Waals surface area contributed by atoms with E-state index < -0.39 is 12.6 Å². The molecule has 0 saturated carbocycles. The van der Waals surface area contributed by atoms with E-state index in [9.17, 15) is 13.2 Å². The maximum absolute atomic E-state index is 12.1. The summed E-state index contributed by atoms with van der Waals surface area (Å²) in [5, 5.41) is 6.93. The van der Waals surface area contributed by atoms with Crippen LogP contribution < -0.4 is 5.32 Å². The number of halogens is 3. The summed E-state index contributed by atoms with van der Waals surface area (Å²) in [6, 6.07) is 0. The summed E-state index contributed by atoms with van der Waals surface area (Å²) in [6.45, 7) is 3.70. The highest BCUT2D eigenvalue weighted by Gasteiger charge is 2.40. The molecular formula is C12H18F3N3O. The fraction of sp³-hybridized carbons (Fsp3) is 0.833. The third-order valence-electron chi connectivity index (χ3n) is 3.53. The fourth-order valence-corrected chi connectivity index (χ4v) is 2.55. The van der Waals surface area contributed by atoms with Gasteiger partial charge in [-0.1, -0.05) is 18.5 Å². The molecule has 1 aromatic rings. The second-order valence-corrected chi connectivity index (χ2v) is 5.09. The molecule has 0 aromatic carbocycles. The van der Waals surface area contributed by atoms with Crippen LogP contribution in [0.25, 0.3) is 0 Å². The van der Waals surface area contributed by atoms with Crippen molar-refractivity contribution in [3.63, 3.8) is 0 Å². The number of alkyl halides is 3. The van der Waals surface area contributed by atoms with Crippen LogP contribution in [0, 0.1) is 0 Å². The van der Waals surface area contributed by atoms with Crippen molar-refractivity contribution in [1.29, 1.82) is 0 Å². The van der Waals surface area contributed by atoms with Crippen LogP contribution in [0.4, 0.5) is 13.2 Å². The van der Waals surface area contributed by atoms with E-state index in [4.69, 9.17) is 4.52 Å². The van der Waals surface area contributed by atoms with Gasteiger partial charge in [0.25, 0.3) is 0 Å². The molecule has 19 heavy (non-hydrogen) atoms. The van der Waals surface area contributed by atoms with Gasteiger partial charge >= 0.3 is 6.18 Å². The maximum Gasteiger partial charge on any atom is 0.389 e. The van der Waals surface area contributed by atoms with E-state index in [1.165, 1.54) is 0 Å². The molecule has 1 atom stereocenters. The molecule has 0 amide bonds. The molecule has 1 saturated heterocycles. The predicted octanol–water partition coefficient (Wildman–Crippen LogP) is 2.60. The average molecular weight is 277 g/mol. The molecule has 7 heteroatoms. The van der Waals surface area contributed by atoms with Crippen LogP contribution in [0.3, 0.4) is 0 Å². The fourth-order valence-electron chi connectivity index (χ4n) is 2.55. The molecule has 1 aliphatic heterocycles. The number of hydrogen-bond donors (Lipinski definition) is 1. The number of hydrogen-bond acceptors (Lipinski definition) is 4. The van der Waals surface area contributed by atoms with Gasteiger partial charge in [0.2, 0.25) is 5.89 Å². The lowest BCUT2D eigenvalue weighted by molar-refractivity contribution is -0.134. The summed E-state index contributed by atoms with van der Waals surface area (Å²) in [6.07, 6.45) is -2.55. The van der Waals surface area contributed by atoms with Crippen LogP contribution in [-0.2, 0) is 11.8 Å². The summed E-state index contributed by atoms with van der Waals surface area (Å²) in [4.78, 5) is 4.17.